The molecule has 0 bridgehead atoms. The summed E-state index contributed by atoms with van der Waals surface area (Å²) >= 11 is 6.02. The Balaban J connectivity index is 1.73. The van der Waals surface area contributed by atoms with E-state index in [4.69, 9.17) is 16.3 Å². The maximum Gasteiger partial charge on any atom is 0.408 e. The molecule has 3 amide bonds. The normalized spacial score (nSPS) is 19.5. The topological polar surface area (TPSA) is 87.7 Å². The van der Waals surface area contributed by atoms with E-state index in [9.17, 15) is 14.4 Å². The van der Waals surface area contributed by atoms with Gasteiger partial charge in [0.2, 0.25) is 11.8 Å². The highest BCUT2D eigenvalue weighted by molar-refractivity contribution is 6.30. The van der Waals surface area contributed by atoms with E-state index >= 15 is 0 Å². The van der Waals surface area contributed by atoms with Crippen molar-refractivity contribution < 1.29 is 19.1 Å². The van der Waals surface area contributed by atoms with Crippen LogP contribution in [0.15, 0.2) is 24.3 Å². The zero-order valence-corrected chi connectivity index (χ0v) is 22.2. The monoisotopic (exact) mass is 505 g/mol. The van der Waals surface area contributed by atoms with Crippen molar-refractivity contribution >= 4 is 29.5 Å². The van der Waals surface area contributed by atoms with E-state index in [0.29, 0.717) is 30.5 Å². The second kappa shape index (κ2) is 11.6. The number of carbonyl (C=O) groups excluding carboxylic acids is 3. The zero-order chi connectivity index (χ0) is 25.6. The molecule has 1 atom stereocenters. The molecule has 2 fully saturated rings. The number of nitrogens with zero attached hydrogens (tertiary/aromatic N) is 1. The average molecular weight is 506 g/mol. The van der Waals surface area contributed by atoms with Crippen molar-refractivity contribution in [3.63, 3.8) is 0 Å². The molecular formula is C27H40ClN3O4. The lowest BCUT2D eigenvalue weighted by Crippen LogP contribution is -2.61. The first-order valence-electron chi connectivity index (χ1n) is 12.8. The van der Waals surface area contributed by atoms with Gasteiger partial charge in [0.15, 0.2) is 0 Å². The number of hydrogen-bond acceptors (Lipinski definition) is 4. The molecule has 2 N–H and O–H groups in total. The third-order valence-corrected chi connectivity index (χ3v) is 7.37. The van der Waals surface area contributed by atoms with Gasteiger partial charge in [-0.1, -0.05) is 43.0 Å². The van der Waals surface area contributed by atoms with E-state index in [0.717, 1.165) is 31.2 Å². The smallest absolute Gasteiger partial charge is 0.408 e. The summed E-state index contributed by atoms with van der Waals surface area (Å²) in [6, 6.07) is 6.52. The fourth-order valence-corrected chi connectivity index (χ4v) is 5.62. The highest BCUT2D eigenvalue weighted by atomic mass is 35.5. The Kier molecular flexibility index (Phi) is 9.08. The molecule has 1 saturated carbocycles. The average Bonchev–Trinajstić information content (AvgIpc) is 2.79. The van der Waals surface area contributed by atoms with Gasteiger partial charge in [0.05, 0.1) is 0 Å². The van der Waals surface area contributed by atoms with Crippen molar-refractivity contribution in [2.75, 3.05) is 13.1 Å². The summed E-state index contributed by atoms with van der Waals surface area (Å²) in [4.78, 5) is 40.1. The fraction of sp³-hybridized carbons (Fsp3) is 0.667. The molecule has 0 spiro atoms. The van der Waals surface area contributed by atoms with Crippen LogP contribution in [0.2, 0.25) is 5.02 Å². The standard InChI is InChI=1S/C27H40ClN3O4/c1-19(32)30-27(21-8-6-5-7-9-21)14-16-31(17-15-27)24(33)23(29-25(34)35-26(2,3)4)18-20-10-12-22(28)13-11-20/h10-13,21,23H,5-9,14-18H2,1-4H3,(H,29,34)(H,30,32)/t23-/m0/s1. The van der Waals surface area contributed by atoms with Gasteiger partial charge in [0, 0.05) is 37.0 Å². The maximum absolute atomic E-state index is 13.6. The minimum Gasteiger partial charge on any atom is -0.444 e. The molecule has 7 nitrogen and oxygen atoms in total. The molecule has 1 aromatic rings. The lowest BCUT2D eigenvalue weighted by Gasteiger charge is -2.48. The lowest BCUT2D eigenvalue weighted by atomic mass is 9.69. The van der Waals surface area contributed by atoms with Crippen molar-refractivity contribution in [3.8, 4) is 0 Å². The second-order valence-electron chi connectivity index (χ2n) is 11.0. The van der Waals surface area contributed by atoms with Crippen LogP contribution in [0.25, 0.3) is 0 Å². The maximum atomic E-state index is 13.6. The molecule has 3 rings (SSSR count). The number of ether oxygens (including phenoxy) is 1. The first-order chi connectivity index (χ1) is 16.5. The fourth-order valence-electron chi connectivity index (χ4n) is 5.49. The van der Waals surface area contributed by atoms with Crippen molar-refractivity contribution in [2.24, 2.45) is 5.92 Å². The summed E-state index contributed by atoms with van der Waals surface area (Å²) in [7, 11) is 0. The van der Waals surface area contributed by atoms with Crippen LogP contribution < -0.4 is 10.6 Å². The first-order valence-corrected chi connectivity index (χ1v) is 13.2. The number of rotatable bonds is 6. The van der Waals surface area contributed by atoms with Crippen LogP contribution in [0.4, 0.5) is 4.79 Å². The van der Waals surface area contributed by atoms with Gasteiger partial charge in [-0.25, -0.2) is 4.79 Å². The molecule has 1 heterocycles. The van der Waals surface area contributed by atoms with Gasteiger partial charge < -0.3 is 20.3 Å². The van der Waals surface area contributed by atoms with Crippen LogP contribution in [-0.2, 0) is 20.7 Å². The Morgan fingerprint density at radius 1 is 1.09 bits per heavy atom. The third kappa shape index (κ3) is 7.86. The molecule has 8 heteroatoms. The lowest BCUT2D eigenvalue weighted by molar-refractivity contribution is -0.136. The van der Waals surface area contributed by atoms with Crippen LogP contribution in [0, 0.1) is 5.92 Å². The largest absolute Gasteiger partial charge is 0.444 e. The number of piperidine rings is 1. The van der Waals surface area contributed by atoms with E-state index in [1.807, 2.05) is 17.0 Å². The van der Waals surface area contributed by atoms with Crippen LogP contribution >= 0.6 is 11.6 Å². The Hall–Kier alpha value is -2.28. The van der Waals surface area contributed by atoms with E-state index in [2.05, 4.69) is 10.6 Å². The summed E-state index contributed by atoms with van der Waals surface area (Å²) in [5, 5.41) is 6.69. The number of nitrogens with one attached hydrogen (secondary N) is 2. The van der Waals surface area contributed by atoms with E-state index in [1.165, 1.54) is 19.3 Å². The van der Waals surface area contributed by atoms with Gasteiger partial charge in [0.1, 0.15) is 11.6 Å². The Morgan fingerprint density at radius 3 is 2.23 bits per heavy atom. The number of benzene rings is 1. The van der Waals surface area contributed by atoms with E-state index < -0.39 is 17.7 Å². The third-order valence-electron chi connectivity index (χ3n) is 7.12. The molecule has 35 heavy (non-hydrogen) atoms. The highest BCUT2D eigenvalue weighted by Crippen LogP contribution is 2.39. The van der Waals surface area contributed by atoms with Crippen LogP contribution in [0.5, 0.6) is 0 Å². The molecular weight excluding hydrogens is 466 g/mol. The van der Waals surface area contributed by atoms with Crippen LogP contribution in [-0.4, -0.2) is 53.1 Å². The summed E-state index contributed by atoms with van der Waals surface area (Å²) in [6.45, 7) is 8.04. The molecule has 1 aromatic carbocycles. The van der Waals surface area contributed by atoms with Gasteiger partial charge >= 0.3 is 6.09 Å². The number of hydrogen-bond donors (Lipinski definition) is 2. The number of likely N-dealkylation sites (tertiary alicyclic amines) is 1. The Morgan fingerprint density at radius 2 is 1.69 bits per heavy atom. The van der Waals surface area contributed by atoms with Crippen molar-refractivity contribution in [3.05, 3.63) is 34.9 Å². The number of amides is 3. The molecule has 194 valence electrons. The van der Waals surface area contributed by atoms with Gasteiger partial charge in [-0.15, -0.1) is 0 Å². The van der Waals surface area contributed by atoms with Crippen molar-refractivity contribution in [1.29, 1.82) is 0 Å². The van der Waals surface area contributed by atoms with Crippen LogP contribution in [0.3, 0.4) is 0 Å². The van der Waals surface area contributed by atoms with Crippen LogP contribution in [0.1, 0.15) is 78.2 Å². The van der Waals surface area contributed by atoms with E-state index in [1.54, 1.807) is 39.8 Å². The molecule has 2 aliphatic rings. The quantitative estimate of drug-likeness (QED) is 0.578. The van der Waals surface area contributed by atoms with Gasteiger partial charge in [-0.3, -0.25) is 9.59 Å². The number of alkyl carbamates (subject to hydrolysis) is 1. The second-order valence-corrected chi connectivity index (χ2v) is 11.5. The summed E-state index contributed by atoms with van der Waals surface area (Å²) in [5.41, 5.74) is -0.0236. The SMILES string of the molecule is CC(=O)NC1(C2CCCCC2)CCN(C(=O)[C@H](Cc2ccc(Cl)cc2)NC(=O)OC(C)(C)C)CC1. The van der Waals surface area contributed by atoms with Gasteiger partial charge in [0.25, 0.3) is 0 Å². The molecule has 0 unspecified atom stereocenters. The van der Waals surface area contributed by atoms with Gasteiger partial charge in [-0.05, 0) is 70.1 Å². The van der Waals surface area contributed by atoms with Crippen molar-refractivity contribution in [1.82, 2.24) is 15.5 Å². The molecule has 0 aromatic heterocycles. The molecule has 1 aliphatic carbocycles. The molecule has 1 saturated heterocycles. The highest BCUT2D eigenvalue weighted by Gasteiger charge is 2.44. The Bertz CT molecular complexity index is 883. The van der Waals surface area contributed by atoms with Gasteiger partial charge in [-0.2, -0.15) is 0 Å². The number of halogens is 1. The molecule has 1 aliphatic heterocycles. The minimum absolute atomic E-state index is 0.0115. The number of carbonyl (C=O) groups is 3. The summed E-state index contributed by atoms with van der Waals surface area (Å²) in [6.07, 6.45) is 7.05. The zero-order valence-electron chi connectivity index (χ0n) is 21.5. The Labute approximate surface area is 214 Å². The van der Waals surface area contributed by atoms with E-state index in [-0.39, 0.29) is 17.4 Å². The first kappa shape index (κ1) is 27.3. The van der Waals surface area contributed by atoms with Crippen molar-refractivity contribution in [2.45, 2.75) is 96.2 Å². The minimum atomic E-state index is -0.756. The summed E-state index contributed by atoms with van der Waals surface area (Å²) in [5.74, 6) is 0.301. The molecule has 0 radical (unpaired) electrons. The predicted molar refractivity (Wildman–Crippen MR) is 137 cm³/mol. The summed E-state index contributed by atoms with van der Waals surface area (Å²) < 4.78 is 5.43. The predicted octanol–water partition coefficient (Wildman–Crippen LogP) is 4.85.